The van der Waals surface area contributed by atoms with Crippen LogP contribution in [0.1, 0.15) is 128 Å². The molecule has 6 rings (SSSR count). The van der Waals surface area contributed by atoms with E-state index in [1.807, 2.05) is 20.8 Å². The van der Waals surface area contributed by atoms with Crippen LogP contribution < -0.4 is 0 Å². The lowest BCUT2D eigenvalue weighted by atomic mass is 9.33. The standard InChI is InChI=1S/C48H74O13/c1-13-25(3)40(55)59-36-27(5)57-42(35(53)37(36)60-41(56)26(4)14-2)61-39-38(54)48(24-50)30(21-43(39,7)8)29-15-16-32-44(9)19-18-33(52)45(10,23-49)31(44)17-20-46(32,11)47(29,12)22-34(48)58-28(6)51/h13-15,27,30-39,42,49-50,52-54H,16-24H2,1-12H3/b25-13-,26-14-/t27-,30+,31+,32+,33+,34-,35-,36-,37-,38+,39-,42+,44-,45+,46+,47+,48-/m0/s1. The molecule has 0 amide bonds. The highest BCUT2D eigenvalue weighted by Gasteiger charge is 2.73. The van der Waals surface area contributed by atoms with E-state index in [-0.39, 0.29) is 34.8 Å². The zero-order valence-corrected chi connectivity index (χ0v) is 38.5. The summed E-state index contributed by atoms with van der Waals surface area (Å²) < 4.78 is 30.8. The second-order valence-electron chi connectivity index (χ2n) is 21.2. The monoisotopic (exact) mass is 859 g/mol. The fourth-order valence-electron chi connectivity index (χ4n) is 13.7. The average molecular weight is 859 g/mol. The molecule has 61 heavy (non-hydrogen) atoms. The minimum Gasteiger partial charge on any atom is -0.462 e. The van der Waals surface area contributed by atoms with E-state index in [1.165, 1.54) is 6.92 Å². The van der Waals surface area contributed by atoms with Gasteiger partial charge in [0.1, 0.15) is 12.2 Å². The molecule has 6 aliphatic rings. The van der Waals surface area contributed by atoms with Gasteiger partial charge in [0.25, 0.3) is 0 Å². The Balaban J connectivity index is 1.38. The zero-order chi connectivity index (χ0) is 45.4. The third-order valence-electron chi connectivity index (χ3n) is 17.8. The van der Waals surface area contributed by atoms with Crippen molar-refractivity contribution in [2.45, 2.75) is 183 Å². The van der Waals surface area contributed by atoms with Crippen molar-refractivity contribution in [3.8, 4) is 0 Å². The van der Waals surface area contributed by atoms with Gasteiger partial charge >= 0.3 is 17.9 Å². The topological polar surface area (TPSA) is 199 Å². The summed E-state index contributed by atoms with van der Waals surface area (Å²) in [6.07, 6.45) is -0.629. The Morgan fingerprint density at radius 1 is 0.820 bits per heavy atom. The van der Waals surface area contributed by atoms with E-state index in [1.54, 1.807) is 46.8 Å². The number of allylic oxidation sites excluding steroid dienone is 4. The number of carbonyl (C=O) groups is 3. The van der Waals surface area contributed by atoms with E-state index in [4.69, 9.17) is 23.7 Å². The van der Waals surface area contributed by atoms with Crippen molar-refractivity contribution in [3.05, 3.63) is 34.9 Å². The molecular weight excluding hydrogens is 785 g/mol. The SMILES string of the molecule is C/C=C(/C)C(=O)O[C@@H]1[C@@H](OC(=O)/C(C)=C\C)[C@H](O)[C@@H](O[C@H]2[C@@H](O)[C@]3(CO)[C@@H](OC(C)=O)C[C@]4(C)C(=CC[C@@H]5[C@@]6(C)CC[C@@H](O)[C@](C)(CO)[C@@H]6CC[C@]54C)[C@H]3CC2(C)C)O[C@H]1C. The van der Waals surface area contributed by atoms with Crippen molar-refractivity contribution < 1.29 is 63.6 Å². The first-order valence-corrected chi connectivity index (χ1v) is 22.5. The molecule has 344 valence electrons. The van der Waals surface area contributed by atoms with Crippen molar-refractivity contribution in [1.29, 1.82) is 0 Å². The summed E-state index contributed by atoms with van der Waals surface area (Å²) in [5.41, 5.74) is -2.11. The molecule has 13 heteroatoms. The van der Waals surface area contributed by atoms with Gasteiger partial charge in [0.15, 0.2) is 18.5 Å². The first kappa shape index (κ1) is 47.8. The molecular formula is C48H74O13. The van der Waals surface area contributed by atoms with Gasteiger partial charge in [-0.15, -0.1) is 0 Å². The number of carbonyl (C=O) groups excluding carboxylic acids is 3. The van der Waals surface area contributed by atoms with Gasteiger partial charge in [0.2, 0.25) is 0 Å². The average Bonchev–Trinajstić information content (AvgIpc) is 3.20. The summed E-state index contributed by atoms with van der Waals surface area (Å²) in [5, 5.41) is 58.5. The zero-order valence-electron chi connectivity index (χ0n) is 38.5. The Bertz CT molecular complexity index is 1800. The maximum atomic E-state index is 13.2. The second kappa shape index (κ2) is 16.7. The van der Waals surface area contributed by atoms with E-state index in [9.17, 15) is 39.9 Å². The summed E-state index contributed by atoms with van der Waals surface area (Å²) >= 11 is 0. The molecule has 5 fully saturated rings. The lowest BCUT2D eigenvalue weighted by Gasteiger charge is -2.72. The summed E-state index contributed by atoms with van der Waals surface area (Å²) in [6, 6.07) is 0. The molecule has 1 saturated heterocycles. The quantitative estimate of drug-likeness (QED) is 0.0643. The third kappa shape index (κ3) is 7.28. The normalized spacial score (nSPS) is 47.1. The van der Waals surface area contributed by atoms with Crippen LogP contribution in [0, 0.1) is 50.2 Å². The smallest absolute Gasteiger partial charge is 0.333 e. The number of aliphatic hydroxyl groups is 5. The van der Waals surface area contributed by atoms with Gasteiger partial charge in [-0.25, -0.2) is 9.59 Å². The van der Waals surface area contributed by atoms with Crippen LogP contribution in [0.3, 0.4) is 0 Å². The van der Waals surface area contributed by atoms with Gasteiger partial charge in [-0.2, -0.15) is 0 Å². The Morgan fingerprint density at radius 3 is 1.98 bits per heavy atom. The van der Waals surface area contributed by atoms with Crippen molar-refractivity contribution in [2.24, 2.45) is 50.2 Å². The first-order valence-electron chi connectivity index (χ1n) is 22.5. The molecule has 1 heterocycles. The van der Waals surface area contributed by atoms with Gasteiger partial charge in [-0.05, 0) is 119 Å². The van der Waals surface area contributed by atoms with Gasteiger partial charge < -0.3 is 49.2 Å². The summed E-state index contributed by atoms with van der Waals surface area (Å²) in [6.45, 7) is 21.8. The van der Waals surface area contributed by atoms with Crippen LogP contribution in [-0.2, 0) is 38.1 Å². The Morgan fingerprint density at radius 2 is 1.43 bits per heavy atom. The maximum absolute atomic E-state index is 13.2. The fourth-order valence-corrected chi connectivity index (χ4v) is 13.7. The van der Waals surface area contributed by atoms with E-state index < -0.39 is 107 Å². The van der Waals surface area contributed by atoms with Crippen LogP contribution in [0.2, 0.25) is 0 Å². The molecule has 5 aliphatic carbocycles. The van der Waals surface area contributed by atoms with Crippen molar-refractivity contribution >= 4 is 17.9 Å². The van der Waals surface area contributed by atoms with E-state index in [0.717, 1.165) is 31.3 Å². The molecule has 0 aromatic carbocycles. The molecule has 5 N–H and O–H groups in total. The van der Waals surface area contributed by atoms with Crippen LogP contribution in [0.15, 0.2) is 34.9 Å². The van der Waals surface area contributed by atoms with Gasteiger partial charge in [-0.3, -0.25) is 4.79 Å². The lowest BCUT2D eigenvalue weighted by Crippen LogP contribution is -2.73. The number of fused-ring (bicyclic) bond motifs is 7. The van der Waals surface area contributed by atoms with Crippen LogP contribution >= 0.6 is 0 Å². The molecule has 0 aromatic heterocycles. The molecule has 0 bridgehead atoms. The number of rotatable bonds is 9. The minimum atomic E-state index is -1.67. The maximum Gasteiger partial charge on any atom is 0.333 e. The summed E-state index contributed by atoms with van der Waals surface area (Å²) in [5.74, 6) is -2.06. The molecule has 13 nitrogen and oxygen atoms in total. The van der Waals surface area contributed by atoms with Crippen molar-refractivity contribution in [3.63, 3.8) is 0 Å². The number of aliphatic hydroxyl groups excluding tert-OH is 5. The van der Waals surface area contributed by atoms with Crippen LogP contribution in [0.5, 0.6) is 0 Å². The molecule has 17 atom stereocenters. The number of hydrogen-bond donors (Lipinski definition) is 5. The molecule has 4 saturated carbocycles. The van der Waals surface area contributed by atoms with Crippen LogP contribution in [0.25, 0.3) is 0 Å². The highest BCUT2D eigenvalue weighted by molar-refractivity contribution is 5.88. The lowest BCUT2D eigenvalue weighted by molar-refractivity contribution is -0.342. The predicted molar refractivity (Wildman–Crippen MR) is 225 cm³/mol. The van der Waals surface area contributed by atoms with Crippen molar-refractivity contribution in [1.82, 2.24) is 0 Å². The van der Waals surface area contributed by atoms with Gasteiger partial charge in [0.05, 0.1) is 43.0 Å². The number of esters is 3. The molecule has 1 aliphatic heterocycles. The Labute approximate surface area is 362 Å². The molecule has 0 aromatic rings. The highest BCUT2D eigenvalue weighted by atomic mass is 16.7. The number of ether oxygens (including phenoxy) is 5. The number of hydrogen-bond acceptors (Lipinski definition) is 13. The van der Waals surface area contributed by atoms with E-state index in [2.05, 4.69) is 26.8 Å². The highest BCUT2D eigenvalue weighted by Crippen LogP contribution is 2.76. The van der Waals surface area contributed by atoms with Gasteiger partial charge in [-0.1, -0.05) is 65.3 Å². The third-order valence-corrected chi connectivity index (χ3v) is 17.8. The molecule has 0 spiro atoms. The molecule has 0 unspecified atom stereocenters. The first-order chi connectivity index (χ1) is 28.4. The van der Waals surface area contributed by atoms with Gasteiger partial charge in [0, 0.05) is 23.5 Å². The Kier molecular flexibility index (Phi) is 13.1. The van der Waals surface area contributed by atoms with Crippen LogP contribution in [0.4, 0.5) is 0 Å². The second-order valence-corrected chi connectivity index (χ2v) is 21.2. The summed E-state index contributed by atoms with van der Waals surface area (Å²) in [7, 11) is 0. The fraction of sp³-hybridized carbons (Fsp3) is 0.812. The van der Waals surface area contributed by atoms with Crippen LogP contribution in [-0.4, -0.2) is 112 Å². The largest absolute Gasteiger partial charge is 0.462 e. The Hall–Kier alpha value is -2.65. The minimum absolute atomic E-state index is 0.0875. The molecule has 0 radical (unpaired) electrons. The predicted octanol–water partition coefficient (Wildman–Crippen LogP) is 5.48. The van der Waals surface area contributed by atoms with E-state index >= 15 is 0 Å². The van der Waals surface area contributed by atoms with E-state index in [0.29, 0.717) is 24.8 Å². The van der Waals surface area contributed by atoms with Crippen molar-refractivity contribution in [2.75, 3.05) is 13.2 Å². The summed E-state index contributed by atoms with van der Waals surface area (Å²) in [4.78, 5) is 39.2.